The fraction of sp³-hybridized carbons (Fsp3) is 0.0435. The highest BCUT2D eigenvalue weighted by Crippen LogP contribution is 2.35. The standard InChI is InChI=1S/C23H15ClN2OS2/c24-21-16-5-1-3-7-18(16)29-22(21)23(27)25-15-11-9-14(10-12-15)13-20-26-17-6-2-4-8-19(17)28-20/h1-12H,13H2,(H,25,27). The van der Waals surface area contributed by atoms with Crippen LogP contribution in [0.4, 0.5) is 5.69 Å². The number of carbonyl (C=O) groups excluding carboxylic acids is 1. The maximum absolute atomic E-state index is 12.7. The highest BCUT2D eigenvalue weighted by molar-refractivity contribution is 7.21. The van der Waals surface area contributed by atoms with Gasteiger partial charge < -0.3 is 5.32 Å². The van der Waals surface area contributed by atoms with Gasteiger partial charge in [0.25, 0.3) is 5.91 Å². The highest BCUT2D eigenvalue weighted by atomic mass is 35.5. The Morgan fingerprint density at radius 3 is 2.38 bits per heavy atom. The largest absolute Gasteiger partial charge is 0.321 e. The van der Waals surface area contributed by atoms with Crippen molar-refractivity contribution in [2.75, 3.05) is 5.32 Å². The van der Waals surface area contributed by atoms with Gasteiger partial charge in [0.1, 0.15) is 4.88 Å². The zero-order chi connectivity index (χ0) is 19.8. The third-order valence-electron chi connectivity index (χ3n) is 4.65. The summed E-state index contributed by atoms with van der Waals surface area (Å²) in [5.74, 6) is -0.185. The summed E-state index contributed by atoms with van der Waals surface area (Å²) < 4.78 is 2.21. The highest BCUT2D eigenvalue weighted by Gasteiger charge is 2.17. The molecule has 142 valence electrons. The zero-order valence-corrected chi connectivity index (χ0v) is 17.6. The van der Waals surface area contributed by atoms with Crippen LogP contribution in [-0.4, -0.2) is 10.9 Å². The Kier molecular flexibility index (Phi) is 4.79. The van der Waals surface area contributed by atoms with E-state index in [4.69, 9.17) is 11.6 Å². The first-order valence-electron chi connectivity index (χ1n) is 9.09. The molecule has 3 aromatic carbocycles. The lowest BCUT2D eigenvalue weighted by Crippen LogP contribution is -2.10. The van der Waals surface area contributed by atoms with Crippen LogP contribution in [0.25, 0.3) is 20.3 Å². The lowest BCUT2D eigenvalue weighted by atomic mass is 10.1. The van der Waals surface area contributed by atoms with E-state index in [-0.39, 0.29) is 5.91 Å². The van der Waals surface area contributed by atoms with Gasteiger partial charge in [-0.25, -0.2) is 4.98 Å². The van der Waals surface area contributed by atoms with Gasteiger partial charge in [-0.15, -0.1) is 22.7 Å². The van der Waals surface area contributed by atoms with Gasteiger partial charge in [-0.1, -0.05) is 54.1 Å². The Morgan fingerprint density at radius 1 is 0.897 bits per heavy atom. The van der Waals surface area contributed by atoms with Crippen molar-refractivity contribution in [3.8, 4) is 0 Å². The number of aromatic nitrogens is 1. The number of hydrogen-bond donors (Lipinski definition) is 1. The summed E-state index contributed by atoms with van der Waals surface area (Å²) in [5.41, 5.74) is 2.94. The first-order valence-corrected chi connectivity index (χ1v) is 11.1. The maximum atomic E-state index is 12.7. The second kappa shape index (κ2) is 7.59. The van der Waals surface area contributed by atoms with Crippen molar-refractivity contribution in [1.29, 1.82) is 0 Å². The maximum Gasteiger partial charge on any atom is 0.267 e. The van der Waals surface area contributed by atoms with Crippen LogP contribution < -0.4 is 5.32 Å². The summed E-state index contributed by atoms with van der Waals surface area (Å²) in [6.07, 6.45) is 0.774. The zero-order valence-electron chi connectivity index (χ0n) is 15.2. The van der Waals surface area contributed by atoms with E-state index >= 15 is 0 Å². The summed E-state index contributed by atoms with van der Waals surface area (Å²) in [7, 11) is 0. The quantitative estimate of drug-likeness (QED) is 0.330. The van der Waals surface area contributed by atoms with E-state index in [2.05, 4.69) is 16.4 Å². The van der Waals surface area contributed by atoms with Crippen molar-refractivity contribution in [3.05, 3.63) is 93.3 Å². The Hall–Kier alpha value is -2.73. The number of rotatable bonds is 4. The average Bonchev–Trinajstić information content (AvgIpc) is 3.30. The fourth-order valence-electron chi connectivity index (χ4n) is 3.22. The molecule has 0 unspecified atom stereocenters. The van der Waals surface area contributed by atoms with Gasteiger partial charge in [-0.3, -0.25) is 4.79 Å². The Bertz CT molecular complexity index is 1310. The topological polar surface area (TPSA) is 42.0 Å². The molecular formula is C23H15ClN2OS2. The van der Waals surface area contributed by atoms with Crippen LogP contribution in [-0.2, 0) is 6.42 Å². The number of nitrogens with zero attached hydrogens (tertiary/aromatic N) is 1. The first kappa shape index (κ1) is 18.3. The molecule has 0 aliphatic rings. The molecule has 0 bridgehead atoms. The molecule has 0 saturated carbocycles. The minimum atomic E-state index is -0.185. The predicted octanol–water partition coefficient (Wildman–Crippen LogP) is 7.01. The second-order valence-corrected chi connectivity index (χ2v) is 9.19. The van der Waals surface area contributed by atoms with E-state index in [0.29, 0.717) is 9.90 Å². The predicted molar refractivity (Wildman–Crippen MR) is 124 cm³/mol. The van der Waals surface area contributed by atoms with Gasteiger partial charge in [0.05, 0.1) is 20.2 Å². The average molecular weight is 435 g/mol. The lowest BCUT2D eigenvalue weighted by molar-refractivity contribution is 0.103. The fourth-order valence-corrected chi connectivity index (χ4v) is 5.64. The molecule has 5 aromatic rings. The van der Waals surface area contributed by atoms with Crippen LogP contribution in [0.15, 0.2) is 72.8 Å². The summed E-state index contributed by atoms with van der Waals surface area (Å²) in [6.45, 7) is 0. The molecule has 0 aliphatic carbocycles. The number of anilines is 1. The molecule has 3 nitrogen and oxygen atoms in total. The van der Waals surface area contributed by atoms with Crippen LogP contribution in [0, 0.1) is 0 Å². The Balaban J connectivity index is 1.32. The molecule has 1 amide bonds. The molecule has 1 N–H and O–H groups in total. The van der Waals surface area contributed by atoms with Crippen LogP contribution in [0.5, 0.6) is 0 Å². The molecule has 0 saturated heterocycles. The molecule has 0 radical (unpaired) electrons. The molecule has 2 aromatic heterocycles. The summed E-state index contributed by atoms with van der Waals surface area (Å²) in [6, 6.07) is 23.8. The van der Waals surface area contributed by atoms with Crippen molar-refractivity contribution in [2.24, 2.45) is 0 Å². The number of thiophene rings is 1. The summed E-state index contributed by atoms with van der Waals surface area (Å²) in [5, 5.41) is 5.45. The third-order valence-corrected chi connectivity index (χ3v) is 7.36. The minimum Gasteiger partial charge on any atom is -0.321 e. The first-order chi connectivity index (χ1) is 14.2. The normalized spacial score (nSPS) is 11.2. The van der Waals surface area contributed by atoms with Gasteiger partial charge >= 0.3 is 0 Å². The molecule has 0 spiro atoms. The van der Waals surface area contributed by atoms with Crippen LogP contribution in [0.2, 0.25) is 5.02 Å². The van der Waals surface area contributed by atoms with Gasteiger partial charge in [0.15, 0.2) is 0 Å². The van der Waals surface area contributed by atoms with Crippen LogP contribution in [0.1, 0.15) is 20.2 Å². The number of nitrogens with one attached hydrogen (secondary N) is 1. The number of amides is 1. The van der Waals surface area contributed by atoms with E-state index in [1.54, 1.807) is 11.3 Å². The molecule has 0 atom stereocenters. The molecular weight excluding hydrogens is 420 g/mol. The molecule has 0 fully saturated rings. The van der Waals surface area contributed by atoms with E-state index in [1.165, 1.54) is 16.0 Å². The van der Waals surface area contributed by atoms with Crippen molar-refractivity contribution >= 4 is 66.2 Å². The third kappa shape index (κ3) is 3.65. The Labute approximate surface area is 180 Å². The number of benzene rings is 3. The summed E-state index contributed by atoms with van der Waals surface area (Å²) in [4.78, 5) is 17.9. The number of halogens is 1. The van der Waals surface area contributed by atoms with Gasteiger partial charge in [-0.05, 0) is 35.9 Å². The van der Waals surface area contributed by atoms with Gasteiger partial charge in [-0.2, -0.15) is 0 Å². The van der Waals surface area contributed by atoms with Crippen molar-refractivity contribution < 1.29 is 4.79 Å². The van der Waals surface area contributed by atoms with Crippen molar-refractivity contribution in [3.63, 3.8) is 0 Å². The lowest BCUT2D eigenvalue weighted by Gasteiger charge is -2.05. The summed E-state index contributed by atoms with van der Waals surface area (Å²) >= 11 is 9.53. The van der Waals surface area contributed by atoms with E-state index < -0.39 is 0 Å². The van der Waals surface area contributed by atoms with Crippen LogP contribution >= 0.6 is 34.3 Å². The molecule has 6 heteroatoms. The smallest absolute Gasteiger partial charge is 0.267 e. The second-order valence-electron chi connectivity index (χ2n) is 6.64. The van der Waals surface area contributed by atoms with Gasteiger partial charge in [0.2, 0.25) is 0 Å². The van der Waals surface area contributed by atoms with E-state index in [9.17, 15) is 4.79 Å². The number of para-hydroxylation sites is 1. The molecule has 2 heterocycles. The van der Waals surface area contributed by atoms with Crippen LogP contribution in [0.3, 0.4) is 0 Å². The van der Waals surface area contributed by atoms with E-state index in [0.717, 1.165) is 38.3 Å². The Morgan fingerprint density at radius 2 is 1.62 bits per heavy atom. The molecule has 0 aliphatic heterocycles. The molecule has 29 heavy (non-hydrogen) atoms. The number of fused-ring (bicyclic) bond motifs is 2. The van der Waals surface area contributed by atoms with Crippen molar-refractivity contribution in [1.82, 2.24) is 4.98 Å². The minimum absolute atomic E-state index is 0.185. The van der Waals surface area contributed by atoms with E-state index in [1.807, 2.05) is 66.7 Å². The SMILES string of the molecule is O=C(Nc1ccc(Cc2nc3ccccc3s2)cc1)c1sc2ccccc2c1Cl. The number of hydrogen-bond acceptors (Lipinski definition) is 4. The van der Waals surface area contributed by atoms with Crippen molar-refractivity contribution in [2.45, 2.75) is 6.42 Å². The number of thiazole rings is 1. The van der Waals surface area contributed by atoms with Gasteiger partial charge in [0, 0.05) is 22.2 Å². The monoisotopic (exact) mass is 434 g/mol. The molecule has 5 rings (SSSR count). The number of carbonyl (C=O) groups is 1.